The van der Waals surface area contributed by atoms with Gasteiger partial charge in [0.15, 0.2) is 5.65 Å². The Balaban J connectivity index is 1.24. The van der Waals surface area contributed by atoms with Gasteiger partial charge in [0.2, 0.25) is 0 Å². The summed E-state index contributed by atoms with van der Waals surface area (Å²) in [6.07, 6.45) is 7.91. The van der Waals surface area contributed by atoms with Crippen LogP contribution in [0.5, 0.6) is 0 Å². The van der Waals surface area contributed by atoms with Gasteiger partial charge in [0, 0.05) is 91.2 Å². The van der Waals surface area contributed by atoms with Gasteiger partial charge < -0.3 is 10.0 Å². The minimum atomic E-state index is -4.02. The highest BCUT2D eigenvalue weighted by Crippen LogP contribution is 2.35. The number of pyridine rings is 2. The van der Waals surface area contributed by atoms with Crippen molar-refractivity contribution in [3.63, 3.8) is 0 Å². The molecule has 1 aliphatic heterocycles. The molecule has 0 spiro atoms. The molecule has 7 rings (SSSR count). The number of piperazine rings is 1. The second-order valence-corrected chi connectivity index (χ2v) is 14.3. The van der Waals surface area contributed by atoms with E-state index in [9.17, 15) is 22.3 Å². The van der Waals surface area contributed by atoms with Crippen molar-refractivity contribution in [1.82, 2.24) is 28.6 Å². The maximum atomic E-state index is 13.9. The molecule has 4 aromatic heterocycles. The molecule has 1 fully saturated rings. The van der Waals surface area contributed by atoms with E-state index < -0.39 is 21.7 Å². The SMILES string of the molecule is Cc1ccc(S(=O)(=O)n2cc(-c3cnn(Cc4cc(F)cc(F)c4)c3)c3cc(-c4ccc(N5CCN(C[C@H](C)O)CC5)nc4)cnc32)cc1. The molecule has 0 bridgehead atoms. The highest BCUT2D eigenvalue weighted by molar-refractivity contribution is 7.90. The average molecular weight is 684 g/mol. The van der Waals surface area contributed by atoms with Gasteiger partial charge in [0.1, 0.15) is 17.5 Å². The van der Waals surface area contributed by atoms with Crippen LogP contribution in [-0.4, -0.2) is 81.0 Å². The molecule has 1 aliphatic rings. The number of fused-ring (bicyclic) bond motifs is 1. The summed E-state index contributed by atoms with van der Waals surface area (Å²) < 4.78 is 58.3. The summed E-state index contributed by atoms with van der Waals surface area (Å²) in [4.78, 5) is 14.0. The molecule has 1 saturated heterocycles. The van der Waals surface area contributed by atoms with E-state index in [0.717, 1.165) is 54.8 Å². The van der Waals surface area contributed by atoms with Crippen LogP contribution in [0.3, 0.4) is 0 Å². The zero-order valence-corrected chi connectivity index (χ0v) is 27.9. The minimum Gasteiger partial charge on any atom is -0.392 e. The zero-order chi connectivity index (χ0) is 34.3. The normalized spacial score (nSPS) is 14.8. The van der Waals surface area contributed by atoms with Gasteiger partial charge in [-0.15, -0.1) is 0 Å². The third kappa shape index (κ3) is 6.82. The summed E-state index contributed by atoms with van der Waals surface area (Å²) in [6, 6.07) is 15.8. The van der Waals surface area contributed by atoms with Crippen molar-refractivity contribution in [3.8, 4) is 22.3 Å². The second kappa shape index (κ2) is 13.1. The number of aryl methyl sites for hydroxylation is 1. The Hall–Kier alpha value is -4.98. The topological polar surface area (TPSA) is 109 Å². The van der Waals surface area contributed by atoms with Crippen molar-refractivity contribution >= 4 is 26.9 Å². The number of hydrogen-bond donors (Lipinski definition) is 1. The van der Waals surface area contributed by atoms with Gasteiger partial charge in [-0.05, 0) is 61.9 Å². The van der Waals surface area contributed by atoms with Gasteiger partial charge in [0.05, 0.1) is 23.7 Å². The third-order valence-electron chi connectivity index (χ3n) is 8.70. The van der Waals surface area contributed by atoms with Crippen LogP contribution in [0, 0.1) is 18.6 Å². The fourth-order valence-corrected chi connectivity index (χ4v) is 7.55. The standard InChI is InChI=1S/C36H35F2N7O3S/c1-24-3-6-32(7-4-24)49(47,48)45-23-34(29-19-41-44(22-29)21-26-13-30(37)16-31(38)14-26)33-15-28(18-40-36(33)45)27-5-8-35(39-17-27)43-11-9-42(10-12-43)20-25(2)46/h3-8,13-19,22-23,25,46H,9-12,20-21H2,1-2H3/t25-/m0/s1. The maximum Gasteiger partial charge on any atom is 0.269 e. The molecule has 1 atom stereocenters. The van der Waals surface area contributed by atoms with E-state index in [2.05, 4.69) is 19.9 Å². The lowest BCUT2D eigenvalue weighted by Gasteiger charge is -2.35. The summed E-state index contributed by atoms with van der Waals surface area (Å²) in [5.74, 6) is -0.498. The molecule has 1 N–H and O–H groups in total. The first-order valence-electron chi connectivity index (χ1n) is 16.0. The lowest BCUT2D eigenvalue weighted by atomic mass is 10.1. The Labute approximate surface area is 282 Å². The summed E-state index contributed by atoms with van der Waals surface area (Å²) in [5, 5.41) is 14.7. The molecule has 0 aliphatic carbocycles. The van der Waals surface area contributed by atoms with Crippen LogP contribution in [0.15, 0.2) is 96.5 Å². The van der Waals surface area contributed by atoms with Gasteiger partial charge in [-0.3, -0.25) is 9.58 Å². The molecule has 0 unspecified atom stereocenters. The number of β-amino-alcohol motifs (C(OH)–C–C–N with tert-alkyl or cyclic N) is 1. The Morgan fingerprint density at radius 3 is 2.22 bits per heavy atom. The Kier molecular flexibility index (Phi) is 8.73. The van der Waals surface area contributed by atoms with E-state index >= 15 is 0 Å². The molecule has 0 radical (unpaired) electrons. The molecule has 6 aromatic rings. The van der Waals surface area contributed by atoms with Crippen LogP contribution in [-0.2, 0) is 16.6 Å². The largest absolute Gasteiger partial charge is 0.392 e. The van der Waals surface area contributed by atoms with Gasteiger partial charge in [-0.1, -0.05) is 17.7 Å². The summed E-state index contributed by atoms with van der Waals surface area (Å²) in [5.41, 5.74) is 4.34. The molecule has 49 heavy (non-hydrogen) atoms. The number of benzene rings is 2. The van der Waals surface area contributed by atoms with E-state index in [0.29, 0.717) is 28.6 Å². The third-order valence-corrected chi connectivity index (χ3v) is 10.4. The lowest BCUT2D eigenvalue weighted by Crippen LogP contribution is -2.48. The van der Waals surface area contributed by atoms with Gasteiger partial charge in [-0.2, -0.15) is 5.10 Å². The molecular weight excluding hydrogens is 649 g/mol. The highest BCUT2D eigenvalue weighted by Gasteiger charge is 2.24. The average Bonchev–Trinajstić information content (AvgIpc) is 3.69. The van der Waals surface area contributed by atoms with Crippen molar-refractivity contribution in [2.45, 2.75) is 31.4 Å². The fourth-order valence-electron chi connectivity index (χ4n) is 6.23. The van der Waals surface area contributed by atoms with E-state index in [1.165, 1.54) is 16.1 Å². The Bertz CT molecular complexity index is 2210. The van der Waals surface area contributed by atoms with Gasteiger partial charge in [-0.25, -0.2) is 31.1 Å². The molecule has 10 nitrogen and oxygen atoms in total. The van der Waals surface area contributed by atoms with Crippen molar-refractivity contribution < 1.29 is 22.3 Å². The number of aromatic nitrogens is 5. The maximum absolute atomic E-state index is 13.9. The van der Waals surface area contributed by atoms with E-state index in [-0.39, 0.29) is 23.2 Å². The second-order valence-electron chi connectivity index (χ2n) is 12.5. The predicted octanol–water partition coefficient (Wildman–Crippen LogP) is 5.34. The number of rotatable bonds is 9. The van der Waals surface area contributed by atoms with Crippen molar-refractivity contribution in [1.29, 1.82) is 0 Å². The van der Waals surface area contributed by atoms with Gasteiger partial charge in [0.25, 0.3) is 10.0 Å². The lowest BCUT2D eigenvalue weighted by molar-refractivity contribution is 0.122. The van der Waals surface area contributed by atoms with E-state index in [1.54, 1.807) is 66.9 Å². The Morgan fingerprint density at radius 2 is 1.55 bits per heavy atom. The minimum absolute atomic E-state index is 0.117. The number of hydrogen-bond acceptors (Lipinski definition) is 8. The fraction of sp³-hybridized carbons (Fsp3) is 0.250. The summed E-state index contributed by atoms with van der Waals surface area (Å²) >= 11 is 0. The van der Waals surface area contributed by atoms with Crippen molar-refractivity contribution in [2.75, 3.05) is 37.6 Å². The molecule has 252 valence electrons. The van der Waals surface area contributed by atoms with Crippen LogP contribution in [0.4, 0.5) is 14.6 Å². The predicted molar refractivity (Wildman–Crippen MR) is 184 cm³/mol. The van der Waals surface area contributed by atoms with E-state index in [4.69, 9.17) is 4.98 Å². The zero-order valence-electron chi connectivity index (χ0n) is 27.0. The summed E-state index contributed by atoms with van der Waals surface area (Å²) in [7, 11) is -4.02. The van der Waals surface area contributed by atoms with Crippen molar-refractivity contribution in [3.05, 3.63) is 114 Å². The smallest absolute Gasteiger partial charge is 0.269 e. The molecule has 0 amide bonds. The number of nitrogens with zero attached hydrogens (tertiary/aromatic N) is 7. The van der Waals surface area contributed by atoms with E-state index in [1.807, 2.05) is 25.1 Å². The van der Waals surface area contributed by atoms with Crippen LogP contribution < -0.4 is 4.90 Å². The first-order valence-corrected chi connectivity index (χ1v) is 17.4. The quantitative estimate of drug-likeness (QED) is 0.218. The van der Waals surface area contributed by atoms with Crippen LogP contribution in [0.25, 0.3) is 33.3 Å². The molecule has 5 heterocycles. The number of aliphatic hydroxyl groups is 1. The highest BCUT2D eigenvalue weighted by atomic mass is 32.2. The van der Waals surface area contributed by atoms with Gasteiger partial charge >= 0.3 is 0 Å². The summed E-state index contributed by atoms with van der Waals surface area (Å²) in [6.45, 7) is 7.75. The molecular formula is C36H35F2N7O3S. The number of halogens is 2. The molecule has 0 saturated carbocycles. The Morgan fingerprint density at radius 1 is 0.837 bits per heavy atom. The first kappa shape index (κ1) is 32.6. The van der Waals surface area contributed by atoms with Crippen LogP contribution in [0.2, 0.25) is 0 Å². The first-order chi connectivity index (χ1) is 23.5. The molecule has 2 aromatic carbocycles. The number of anilines is 1. The van der Waals surface area contributed by atoms with Crippen LogP contribution >= 0.6 is 0 Å². The number of aliphatic hydroxyl groups excluding tert-OH is 1. The van der Waals surface area contributed by atoms with Crippen molar-refractivity contribution in [2.24, 2.45) is 0 Å². The van der Waals surface area contributed by atoms with Crippen LogP contribution in [0.1, 0.15) is 18.1 Å². The monoisotopic (exact) mass is 683 g/mol. The molecule has 13 heteroatoms.